The topological polar surface area (TPSA) is 75.0 Å². The molecule has 0 saturated heterocycles. The number of benzene rings is 1. The van der Waals surface area contributed by atoms with Crippen molar-refractivity contribution >= 4 is 21.8 Å². The number of aromatic nitrogens is 1. The lowest BCUT2D eigenvalue weighted by Gasteiger charge is -2.26. The first-order chi connectivity index (χ1) is 12.5. The van der Waals surface area contributed by atoms with Gasteiger partial charge in [0.25, 0.3) is 0 Å². The molecule has 0 aliphatic carbocycles. The van der Waals surface area contributed by atoms with Gasteiger partial charge in [0.05, 0.1) is 6.07 Å². The first kappa shape index (κ1) is 20.1. The van der Waals surface area contributed by atoms with E-state index in [1.54, 1.807) is 12.4 Å². The van der Waals surface area contributed by atoms with Gasteiger partial charge in [-0.05, 0) is 47.7 Å². The van der Waals surface area contributed by atoms with E-state index in [1.165, 1.54) is 0 Å². The van der Waals surface area contributed by atoms with Crippen LogP contribution in [0.3, 0.4) is 0 Å². The summed E-state index contributed by atoms with van der Waals surface area (Å²) in [5.41, 5.74) is 1.87. The van der Waals surface area contributed by atoms with Crippen molar-refractivity contribution in [3.8, 4) is 6.07 Å². The molecule has 0 bridgehead atoms. The minimum Gasteiger partial charge on any atom is -0.356 e. The van der Waals surface area contributed by atoms with Crippen molar-refractivity contribution < 1.29 is 9.53 Å². The highest BCUT2D eigenvalue weighted by atomic mass is 79.9. The molecule has 1 amide bonds. The SMILES string of the molecule is CC(C)CC(OC(c1ccncc1)c1ccc(Br)cc1)C(=O)NCC#N. The van der Waals surface area contributed by atoms with Crippen LogP contribution in [0, 0.1) is 17.2 Å². The molecule has 1 heterocycles. The second-order valence-electron chi connectivity index (χ2n) is 6.34. The maximum atomic E-state index is 12.5. The van der Waals surface area contributed by atoms with Gasteiger partial charge in [-0.3, -0.25) is 9.78 Å². The number of carbonyl (C=O) groups is 1. The summed E-state index contributed by atoms with van der Waals surface area (Å²) in [7, 11) is 0. The van der Waals surface area contributed by atoms with E-state index in [9.17, 15) is 4.79 Å². The summed E-state index contributed by atoms with van der Waals surface area (Å²) in [6.45, 7) is 4.04. The van der Waals surface area contributed by atoms with Crippen LogP contribution in [-0.2, 0) is 9.53 Å². The van der Waals surface area contributed by atoms with Crippen LogP contribution in [0.5, 0.6) is 0 Å². The van der Waals surface area contributed by atoms with E-state index in [1.807, 2.05) is 56.3 Å². The van der Waals surface area contributed by atoms with Gasteiger partial charge in [0.15, 0.2) is 0 Å². The van der Waals surface area contributed by atoms with Gasteiger partial charge in [0.2, 0.25) is 5.91 Å². The lowest BCUT2D eigenvalue weighted by atomic mass is 10.0. The van der Waals surface area contributed by atoms with Crippen LogP contribution < -0.4 is 5.32 Å². The van der Waals surface area contributed by atoms with Gasteiger partial charge >= 0.3 is 0 Å². The fraction of sp³-hybridized carbons (Fsp3) is 0.350. The number of nitrogens with zero attached hydrogens (tertiary/aromatic N) is 2. The highest BCUT2D eigenvalue weighted by molar-refractivity contribution is 9.10. The van der Waals surface area contributed by atoms with Crippen LogP contribution in [0.25, 0.3) is 0 Å². The van der Waals surface area contributed by atoms with Crippen LogP contribution in [0.1, 0.15) is 37.5 Å². The molecular formula is C20H22BrN3O2. The molecule has 6 heteroatoms. The van der Waals surface area contributed by atoms with Gasteiger partial charge in [-0.15, -0.1) is 0 Å². The maximum absolute atomic E-state index is 12.5. The molecule has 1 aromatic heterocycles. The molecule has 26 heavy (non-hydrogen) atoms. The lowest BCUT2D eigenvalue weighted by Crippen LogP contribution is -2.38. The minimum atomic E-state index is -0.648. The van der Waals surface area contributed by atoms with Crippen molar-refractivity contribution in [1.29, 1.82) is 5.26 Å². The average molecular weight is 416 g/mol. The van der Waals surface area contributed by atoms with Crippen LogP contribution in [-0.4, -0.2) is 23.5 Å². The largest absolute Gasteiger partial charge is 0.356 e. The van der Waals surface area contributed by atoms with Crippen molar-refractivity contribution in [2.45, 2.75) is 32.5 Å². The molecule has 2 rings (SSSR count). The zero-order valence-electron chi connectivity index (χ0n) is 14.9. The summed E-state index contributed by atoms with van der Waals surface area (Å²) < 4.78 is 7.24. The number of pyridine rings is 1. The van der Waals surface area contributed by atoms with Crippen molar-refractivity contribution in [3.63, 3.8) is 0 Å². The summed E-state index contributed by atoms with van der Waals surface area (Å²) in [6, 6.07) is 13.5. The fourth-order valence-corrected chi connectivity index (χ4v) is 2.85. The Balaban J connectivity index is 2.32. The molecule has 0 radical (unpaired) electrons. The Morgan fingerprint density at radius 3 is 2.38 bits per heavy atom. The van der Waals surface area contributed by atoms with E-state index >= 15 is 0 Å². The van der Waals surface area contributed by atoms with Crippen LogP contribution in [0.15, 0.2) is 53.3 Å². The number of hydrogen-bond donors (Lipinski definition) is 1. The molecule has 2 unspecified atom stereocenters. The first-order valence-electron chi connectivity index (χ1n) is 8.46. The van der Waals surface area contributed by atoms with Gasteiger partial charge in [-0.1, -0.05) is 41.9 Å². The Labute approximate surface area is 162 Å². The van der Waals surface area contributed by atoms with Crippen molar-refractivity contribution in [1.82, 2.24) is 10.3 Å². The lowest BCUT2D eigenvalue weighted by molar-refractivity contribution is -0.136. The molecule has 5 nitrogen and oxygen atoms in total. The van der Waals surface area contributed by atoms with E-state index in [0.29, 0.717) is 6.42 Å². The number of halogens is 1. The Morgan fingerprint density at radius 2 is 1.81 bits per heavy atom. The second kappa shape index (κ2) is 10.0. The monoisotopic (exact) mass is 415 g/mol. The van der Waals surface area contributed by atoms with Crippen molar-refractivity contribution in [2.24, 2.45) is 5.92 Å². The van der Waals surface area contributed by atoms with Crippen molar-refractivity contribution in [3.05, 3.63) is 64.4 Å². The Bertz CT molecular complexity index is 742. The van der Waals surface area contributed by atoms with E-state index < -0.39 is 12.2 Å². The molecule has 2 aromatic rings. The zero-order valence-corrected chi connectivity index (χ0v) is 16.4. The molecule has 0 aliphatic heterocycles. The summed E-state index contributed by atoms with van der Waals surface area (Å²) in [6.07, 6.45) is 2.93. The molecule has 1 aromatic carbocycles. The first-order valence-corrected chi connectivity index (χ1v) is 9.26. The van der Waals surface area contributed by atoms with E-state index in [4.69, 9.17) is 10.00 Å². The molecule has 0 saturated carbocycles. The summed E-state index contributed by atoms with van der Waals surface area (Å²) in [5.74, 6) is 0.00672. The minimum absolute atomic E-state index is 0.0327. The number of hydrogen-bond acceptors (Lipinski definition) is 4. The highest BCUT2D eigenvalue weighted by Gasteiger charge is 2.26. The predicted molar refractivity (Wildman–Crippen MR) is 103 cm³/mol. The Hall–Kier alpha value is -2.23. The summed E-state index contributed by atoms with van der Waals surface area (Å²) >= 11 is 3.44. The average Bonchev–Trinajstić information content (AvgIpc) is 2.64. The third-order valence-electron chi connectivity index (χ3n) is 3.80. The number of rotatable bonds is 8. The third-order valence-corrected chi connectivity index (χ3v) is 4.33. The van der Waals surface area contributed by atoms with E-state index in [-0.39, 0.29) is 18.4 Å². The predicted octanol–water partition coefficient (Wildman–Crippen LogP) is 4.00. The van der Waals surface area contributed by atoms with Crippen LogP contribution in [0.4, 0.5) is 0 Å². The molecule has 0 aliphatic rings. The molecule has 0 fully saturated rings. The number of ether oxygens (including phenoxy) is 1. The van der Waals surface area contributed by atoms with Crippen LogP contribution >= 0.6 is 15.9 Å². The second-order valence-corrected chi connectivity index (χ2v) is 7.26. The number of nitriles is 1. The quantitative estimate of drug-likeness (QED) is 0.660. The van der Waals surface area contributed by atoms with Gasteiger partial charge in [0.1, 0.15) is 18.8 Å². The standard InChI is InChI=1S/C20H22BrN3O2/c1-14(2)13-18(20(25)24-12-9-22)26-19(16-7-10-23-11-8-16)15-3-5-17(21)6-4-15/h3-8,10-11,14,18-19H,12-13H2,1-2H3,(H,24,25). The Morgan fingerprint density at radius 1 is 1.19 bits per heavy atom. The van der Waals surface area contributed by atoms with Gasteiger partial charge in [0, 0.05) is 16.9 Å². The molecule has 136 valence electrons. The zero-order chi connectivity index (χ0) is 18.9. The number of carbonyl (C=O) groups excluding carboxylic acids is 1. The highest BCUT2D eigenvalue weighted by Crippen LogP contribution is 2.29. The molecule has 0 spiro atoms. The maximum Gasteiger partial charge on any atom is 0.250 e. The van der Waals surface area contributed by atoms with E-state index in [0.717, 1.165) is 15.6 Å². The van der Waals surface area contributed by atoms with Gasteiger partial charge in [-0.2, -0.15) is 5.26 Å². The third kappa shape index (κ3) is 5.94. The molecule has 2 atom stereocenters. The summed E-state index contributed by atoms with van der Waals surface area (Å²) in [5, 5.41) is 11.3. The molecule has 1 N–H and O–H groups in total. The van der Waals surface area contributed by atoms with Crippen molar-refractivity contribution in [2.75, 3.05) is 6.54 Å². The number of amides is 1. The Kier molecular flexibility index (Phi) is 7.76. The molecular weight excluding hydrogens is 394 g/mol. The smallest absolute Gasteiger partial charge is 0.250 e. The summed E-state index contributed by atoms with van der Waals surface area (Å²) in [4.78, 5) is 16.5. The van der Waals surface area contributed by atoms with E-state index in [2.05, 4.69) is 26.2 Å². The normalized spacial score (nSPS) is 13.0. The van der Waals surface area contributed by atoms with Gasteiger partial charge in [-0.25, -0.2) is 0 Å². The van der Waals surface area contributed by atoms with Crippen LogP contribution in [0.2, 0.25) is 0 Å². The number of nitrogens with one attached hydrogen (secondary N) is 1. The van der Waals surface area contributed by atoms with Gasteiger partial charge < -0.3 is 10.1 Å². The fourth-order valence-electron chi connectivity index (χ4n) is 2.58.